The van der Waals surface area contributed by atoms with E-state index in [1.807, 2.05) is 11.8 Å². The predicted molar refractivity (Wildman–Crippen MR) is 99.9 cm³/mol. The molecule has 0 radical (unpaired) electrons. The Hall–Kier alpha value is -1.84. The lowest BCUT2D eigenvalue weighted by atomic mass is 10.0. The van der Waals surface area contributed by atoms with Gasteiger partial charge < -0.3 is 4.90 Å². The van der Waals surface area contributed by atoms with Crippen molar-refractivity contribution in [2.24, 2.45) is 0 Å². The average molecular weight is 370 g/mol. The number of nitriles is 1. The summed E-state index contributed by atoms with van der Waals surface area (Å²) in [7, 11) is 0. The number of nitrogens with zero attached hydrogens (tertiary/aromatic N) is 3. The molecule has 0 fully saturated rings. The van der Waals surface area contributed by atoms with Gasteiger partial charge in [0.25, 0.3) is 0 Å². The van der Waals surface area contributed by atoms with Gasteiger partial charge in [0.05, 0.1) is 11.3 Å². The summed E-state index contributed by atoms with van der Waals surface area (Å²) in [5.74, 6) is 0.477. The van der Waals surface area contributed by atoms with Crippen LogP contribution < -0.4 is 0 Å². The minimum absolute atomic E-state index is 0.130. The molecular weight excluding hydrogens is 350 g/mol. The van der Waals surface area contributed by atoms with Gasteiger partial charge in [-0.05, 0) is 60.7 Å². The normalized spacial score (nSPS) is 15.6. The molecule has 0 N–H and O–H groups in total. The first-order valence-corrected chi connectivity index (χ1v) is 10.4. The van der Waals surface area contributed by atoms with Gasteiger partial charge in [-0.1, -0.05) is 11.8 Å². The topological polar surface area (TPSA) is 57.0 Å². The van der Waals surface area contributed by atoms with Crippen molar-refractivity contribution in [2.45, 2.75) is 44.2 Å². The smallest absolute Gasteiger partial charge is 0.233 e. The summed E-state index contributed by atoms with van der Waals surface area (Å²) in [5, 5.41) is 12.4. The maximum absolute atomic E-state index is 12.6. The van der Waals surface area contributed by atoms with Gasteiger partial charge in [-0.3, -0.25) is 4.79 Å². The summed E-state index contributed by atoms with van der Waals surface area (Å²) in [4.78, 5) is 20.6. The summed E-state index contributed by atoms with van der Waals surface area (Å²) in [6.45, 7) is 3.51. The zero-order chi connectivity index (χ0) is 17.4. The number of hydrogen-bond donors (Lipinski definition) is 0. The second-order valence-electron chi connectivity index (χ2n) is 6.53. The van der Waals surface area contributed by atoms with E-state index in [0.29, 0.717) is 17.9 Å². The van der Waals surface area contributed by atoms with Crippen LogP contribution in [0.3, 0.4) is 0 Å². The lowest BCUT2D eigenvalue weighted by molar-refractivity contribution is -0.129. The number of amides is 1. The van der Waals surface area contributed by atoms with E-state index in [0.717, 1.165) is 48.5 Å². The zero-order valence-corrected chi connectivity index (χ0v) is 15.8. The SMILES string of the molecule is Cc1c(C#N)c(SCC(=O)N2CCc3sccc3C2)nc2c1CCC2. The number of rotatable bonds is 3. The summed E-state index contributed by atoms with van der Waals surface area (Å²) < 4.78 is 0. The molecule has 6 heteroatoms. The van der Waals surface area contributed by atoms with Gasteiger partial charge in [-0.2, -0.15) is 5.26 Å². The van der Waals surface area contributed by atoms with E-state index in [4.69, 9.17) is 4.98 Å². The Balaban J connectivity index is 1.48. The number of thioether (sulfide) groups is 1. The Morgan fingerprint density at radius 2 is 2.32 bits per heavy atom. The van der Waals surface area contributed by atoms with Gasteiger partial charge in [0.2, 0.25) is 5.91 Å². The molecule has 2 aromatic rings. The standard InChI is InChI=1S/C19H19N3OS2/c1-12-14-3-2-4-16(14)21-19(15(12)9-20)25-11-18(23)22-7-5-17-13(10-22)6-8-24-17/h6,8H,2-5,7,10-11H2,1H3. The van der Waals surface area contributed by atoms with Crippen molar-refractivity contribution < 1.29 is 4.79 Å². The highest BCUT2D eigenvalue weighted by atomic mass is 32.2. The number of hydrogen-bond acceptors (Lipinski definition) is 5. The van der Waals surface area contributed by atoms with E-state index < -0.39 is 0 Å². The Morgan fingerprint density at radius 1 is 1.44 bits per heavy atom. The van der Waals surface area contributed by atoms with Crippen molar-refractivity contribution >= 4 is 29.0 Å². The van der Waals surface area contributed by atoms with Crippen LogP contribution in [0, 0.1) is 18.3 Å². The maximum Gasteiger partial charge on any atom is 0.233 e. The first-order valence-electron chi connectivity index (χ1n) is 8.55. The largest absolute Gasteiger partial charge is 0.337 e. The van der Waals surface area contributed by atoms with E-state index in [2.05, 4.69) is 17.5 Å². The fourth-order valence-electron chi connectivity index (χ4n) is 3.66. The van der Waals surface area contributed by atoms with E-state index in [9.17, 15) is 10.1 Å². The molecule has 2 aliphatic rings. The molecule has 0 aromatic carbocycles. The Bertz CT molecular complexity index is 882. The fraction of sp³-hybridized carbons (Fsp3) is 0.421. The molecule has 0 saturated heterocycles. The molecule has 0 spiro atoms. The number of aryl methyl sites for hydroxylation is 1. The van der Waals surface area contributed by atoms with Crippen molar-refractivity contribution in [2.75, 3.05) is 12.3 Å². The number of pyridine rings is 1. The van der Waals surface area contributed by atoms with Gasteiger partial charge in [0, 0.05) is 23.7 Å². The highest BCUT2D eigenvalue weighted by molar-refractivity contribution is 8.00. The fourth-order valence-corrected chi connectivity index (χ4v) is 5.51. The number of carbonyl (C=O) groups excluding carboxylic acids is 1. The first kappa shape index (κ1) is 16.6. The van der Waals surface area contributed by atoms with E-state index in [-0.39, 0.29) is 5.91 Å². The van der Waals surface area contributed by atoms with Crippen LogP contribution in [-0.2, 0) is 30.6 Å². The third kappa shape index (κ3) is 3.07. The minimum Gasteiger partial charge on any atom is -0.337 e. The van der Waals surface area contributed by atoms with Crippen LogP contribution in [0.15, 0.2) is 16.5 Å². The van der Waals surface area contributed by atoms with Gasteiger partial charge >= 0.3 is 0 Å². The Morgan fingerprint density at radius 3 is 3.16 bits per heavy atom. The van der Waals surface area contributed by atoms with Crippen molar-refractivity contribution in [1.82, 2.24) is 9.88 Å². The summed E-state index contributed by atoms with van der Waals surface area (Å²) >= 11 is 3.19. The molecule has 1 aliphatic carbocycles. The second-order valence-corrected chi connectivity index (χ2v) is 8.50. The molecule has 25 heavy (non-hydrogen) atoms. The van der Waals surface area contributed by atoms with Crippen molar-refractivity contribution in [3.63, 3.8) is 0 Å². The first-order chi connectivity index (χ1) is 12.2. The van der Waals surface area contributed by atoms with Crippen LogP contribution in [0.1, 0.15) is 39.2 Å². The monoisotopic (exact) mass is 369 g/mol. The van der Waals surface area contributed by atoms with Gasteiger partial charge in [-0.25, -0.2) is 4.98 Å². The zero-order valence-electron chi connectivity index (χ0n) is 14.2. The van der Waals surface area contributed by atoms with Crippen LogP contribution >= 0.6 is 23.1 Å². The molecule has 0 atom stereocenters. The minimum atomic E-state index is 0.130. The third-order valence-corrected chi connectivity index (χ3v) is 7.05. The number of thiophene rings is 1. The van der Waals surface area contributed by atoms with Crippen molar-refractivity contribution in [1.29, 1.82) is 5.26 Å². The van der Waals surface area contributed by atoms with Crippen molar-refractivity contribution in [3.8, 4) is 6.07 Å². The third-order valence-electron chi connectivity index (χ3n) is 5.07. The average Bonchev–Trinajstić information content (AvgIpc) is 3.28. The highest BCUT2D eigenvalue weighted by Crippen LogP contribution is 2.32. The van der Waals surface area contributed by atoms with E-state index in [1.54, 1.807) is 11.3 Å². The van der Waals surface area contributed by atoms with Crippen LogP contribution in [0.2, 0.25) is 0 Å². The van der Waals surface area contributed by atoms with Crippen molar-refractivity contribution in [3.05, 3.63) is 44.3 Å². The Labute approximate surface area is 155 Å². The van der Waals surface area contributed by atoms with Gasteiger partial charge in [-0.15, -0.1) is 11.3 Å². The van der Waals surface area contributed by atoms with Gasteiger partial charge in [0.1, 0.15) is 11.1 Å². The molecule has 1 aliphatic heterocycles. The Kier molecular flexibility index (Phi) is 4.53. The van der Waals surface area contributed by atoms with E-state index in [1.165, 1.54) is 27.8 Å². The summed E-state index contributed by atoms with van der Waals surface area (Å²) in [6, 6.07) is 4.42. The quantitative estimate of drug-likeness (QED) is 0.777. The molecule has 1 amide bonds. The molecule has 4 rings (SSSR count). The summed E-state index contributed by atoms with van der Waals surface area (Å²) in [5.41, 5.74) is 5.34. The molecular formula is C19H19N3OS2. The molecule has 0 bridgehead atoms. The van der Waals surface area contributed by atoms with Crippen LogP contribution in [0.4, 0.5) is 0 Å². The summed E-state index contributed by atoms with van der Waals surface area (Å²) in [6.07, 6.45) is 4.06. The second kappa shape index (κ2) is 6.81. The molecule has 3 heterocycles. The maximum atomic E-state index is 12.6. The lowest BCUT2D eigenvalue weighted by Crippen LogP contribution is -2.36. The number of fused-ring (bicyclic) bond motifs is 2. The molecule has 2 aromatic heterocycles. The highest BCUT2D eigenvalue weighted by Gasteiger charge is 2.24. The number of aromatic nitrogens is 1. The van der Waals surface area contributed by atoms with E-state index >= 15 is 0 Å². The predicted octanol–water partition coefficient (Wildman–Crippen LogP) is 3.49. The van der Waals surface area contributed by atoms with Crippen LogP contribution in [0.5, 0.6) is 0 Å². The molecule has 0 unspecified atom stereocenters. The molecule has 0 saturated carbocycles. The van der Waals surface area contributed by atoms with Crippen LogP contribution in [0.25, 0.3) is 0 Å². The lowest BCUT2D eigenvalue weighted by Gasteiger charge is -2.27. The number of carbonyl (C=O) groups is 1. The van der Waals surface area contributed by atoms with Gasteiger partial charge in [0.15, 0.2) is 0 Å². The molecule has 128 valence electrons. The molecule has 4 nitrogen and oxygen atoms in total. The van der Waals surface area contributed by atoms with Crippen LogP contribution in [-0.4, -0.2) is 28.1 Å².